The van der Waals surface area contributed by atoms with Crippen LogP contribution in [0.3, 0.4) is 0 Å². The number of rotatable bonds is 14. The molecule has 0 aromatic heterocycles. The number of benzene rings is 3. The van der Waals surface area contributed by atoms with Gasteiger partial charge >= 0.3 is 6.09 Å². The second kappa shape index (κ2) is 17.2. The molecule has 1 fully saturated rings. The Balaban J connectivity index is 1.72. The molecule has 0 bridgehead atoms. The second-order valence-electron chi connectivity index (χ2n) is 15.4. The number of piperidine rings is 1. The molecule has 0 radical (unpaired) electrons. The van der Waals surface area contributed by atoms with Gasteiger partial charge in [-0.1, -0.05) is 112 Å². The molecule has 1 unspecified atom stereocenters. The Morgan fingerprint density at radius 1 is 0.694 bits per heavy atom. The number of aliphatic hydroxyl groups excluding tert-OH is 1. The summed E-state index contributed by atoms with van der Waals surface area (Å²) in [5.74, 6) is 0. The van der Waals surface area contributed by atoms with E-state index < -0.39 is 50.6 Å². The number of carbonyl (C=O) groups is 1. The van der Waals surface area contributed by atoms with Crippen LogP contribution in [0.25, 0.3) is 0 Å². The predicted molar refractivity (Wildman–Crippen MR) is 195 cm³/mol. The summed E-state index contributed by atoms with van der Waals surface area (Å²) in [6.45, 7) is 17.9. The topological polar surface area (TPSA) is 86.7 Å². The fourth-order valence-corrected chi connectivity index (χ4v) is 6.75. The lowest BCUT2D eigenvalue weighted by atomic mass is 9.89. The zero-order valence-corrected chi connectivity index (χ0v) is 31.6. The van der Waals surface area contributed by atoms with Gasteiger partial charge in [-0.2, -0.15) is 0 Å². The Labute approximate surface area is 294 Å². The molecule has 1 heterocycles. The number of carbonyl (C=O) groups excluding carboxylic acids is 1. The first-order valence-electron chi connectivity index (χ1n) is 17.5. The summed E-state index contributed by atoms with van der Waals surface area (Å²) in [7, 11) is -2.00. The Kier molecular flexibility index (Phi) is 13.6. The number of hydrogen-bond acceptors (Lipinski definition) is 7. The van der Waals surface area contributed by atoms with Crippen LogP contribution in [0.15, 0.2) is 91.0 Å². The number of ether oxygens (including phenoxy) is 4. The molecular weight excluding hydrogens is 635 g/mol. The molecule has 1 aliphatic rings. The Morgan fingerprint density at radius 2 is 1.12 bits per heavy atom. The lowest BCUT2D eigenvalue weighted by Gasteiger charge is -2.51. The van der Waals surface area contributed by atoms with Gasteiger partial charge in [-0.3, -0.25) is 4.90 Å². The minimum Gasteiger partial charge on any atom is -0.444 e. The molecule has 0 aliphatic carbocycles. The van der Waals surface area contributed by atoms with Crippen LogP contribution in [0.2, 0.25) is 18.1 Å². The van der Waals surface area contributed by atoms with Crippen molar-refractivity contribution in [1.82, 2.24) is 4.90 Å². The maximum Gasteiger partial charge on any atom is 0.412 e. The highest BCUT2D eigenvalue weighted by Crippen LogP contribution is 2.38. The molecular formula is C40H57NO7Si. The van der Waals surface area contributed by atoms with Gasteiger partial charge in [0.2, 0.25) is 0 Å². The van der Waals surface area contributed by atoms with Crippen molar-refractivity contribution in [2.75, 3.05) is 6.61 Å². The molecule has 9 heteroatoms. The van der Waals surface area contributed by atoms with E-state index in [-0.39, 0.29) is 24.9 Å². The van der Waals surface area contributed by atoms with Crippen molar-refractivity contribution in [3.8, 4) is 0 Å². The van der Waals surface area contributed by atoms with E-state index in [1.54, 1.807) is 0 Å². The fourth-order valence-electron chi connectivity index (χ4n) is 5.66. The van der Waals surface area contributed by atoms with Crippen molar-refractivity contribution in [3.05, 3.63) is 108 Å². The standard InChI is InChI=1S/C40H57NO7Si/c1-39(2,3)48-38(43)41-33(25-18-26-47-49(7,8)40(4,5)6)34(44-27-30-19-12-9-13-20-30)35(45-28-31-21-14-10-15-22-31)36(37(41)42)46-29-32-23-16-11-17-24-32/h9-17,19-24,33-37,42H,18,25-29H2,1-8H3/t33-,34-,35+,36-,37?/m1/s1. The van der Waals surface area contributed by atoms with Crippen LogP contribution in [-0.4, -0.2) is 67.2 Å². The summed E-state index contributed by atoms with van der Waals surface area (Å²) < 4.78 is 32.4. The molecule has 4 rings (SSSR count). The Hall–Kier alpha value is -3.05. The monoisotopic (exact) mass is 691 g/mol. The molecule has 1 amide bonds. The zero-order valence-electron chi connectivity index (χ0n) is 30.6. The van der Waals surface area contributed by atoms with Crippen LogP contribution < -0.4 is 0 Å². The molecule has 8 nitrogen and oxygen atoms in total. The highest BCUT2D eigenvalue weighted by molar-refractivity contribution is 6.74. The zero-order chi connectivity index (χ0) is 35.7. The number of likely N-dealkylation sites (tertiary alicyclic amines) is 1. The SMILES string of the molecule is CC(C)(C)OC(=O)N1C(O)[C@H](OCc2ccccc2)[C@@H](OCc2ccccc2)[C@H](OCc2ccccc2)[C@H]1CCCO[Si](C)(C)C(C)(C)C. The van der Waals surface area contributed by atoms with Crippen molar-refractivity contribution < 1.29 is 33.3 Å². The van der Waals surface area contributed by atoms with E-state index in [9.17, 15) is 9.90 Å². The third kappa shape index (κ3) is 11.2. The first-order chi connectivity index (χ1) is 23.2. The molecule has 268 valence electrons. The quantitative estimate of drug-likeness (QED) is 0.134. The van der Waals surface area contributed by atoms with Crippen LogP contribution in [0.1, 0.15) is 71.1 Å². The van der Waals surface area contributed by atoms with Crippen molar-refractivity contribution in [2.24, 2.45) is 0 Å². The Morgan fingerprint density at radius 3 is 1.55 bits per heavy atom. The van der Waals surface area contributed by atoms with Gasteiger partial charge in [0, 0.05) is 6.61 Å². The van der Waals surface area contributed by atoms with Gasteiger partial charge in [-0.25, -0.2) is 4.79 Å². The van der Waals surface area contributed by atoms with Crippen LogP contribution in [0.5, 0.6) is 0 Å². The van der Waals surface area contributed by atoms with Crippen molar-refractivity contribution >= 4 is 14.4 Å². The van der Waals surface area contributed by atoms with Gasteiger partial charge in [-0.15, -0.1) is 0 Å². The summed E-state index contributed by atoms with van der Waals surface area (Å²) in [6.07, 6.45) is -3.14. The first kappa shape index (κ1) is 38.7. The van der Waals surface area contributed by atoms with Gasteiger partial charge < -0.3 is 28.5 Å². The minimum atomic E-state index is -2.00. The van der Waals surface area contributed by atoms with Crippen LogP contribution in [0, 0.1) is 0 Å². The lowest BCUT2D eigenvalue weighted by Crippen LogP contribution is -2.69. The third-order valence-corrected chi connectivity index (χ3v) is 13.9. The number of hydrogen-bond donors (Lipinski definition) is 1. The second-order valence-corrected chi connectivity index (χ2v) is 20.2. The molecule has 3 aromatic carbocycles. The van der Waals surface area contributed by atoms with E-state index in [1.165, 1.54) is 4.90 Å². The molecule has 1 aliphatic heterocycles. The minimum absolute atomic E-state index is 0.0671. The highest BCUT2D eigenvalue weighted by Gasteiger charge is 2.53. The van der Waals surface area contributed by atoms with Crippen molar-refractivity contribution in [1.29, 1.82) is 0 Å². The molecule has 1 N–H and O–H groups in total. The highest BCUT2D eigenvalue weighted by atomic mass is 28.4. The molecule has 1 saturated heterocycles. The summed E-state index contributed by atoms with van der Waals surface area (Å²) in [6, 6.07) is 29.0. The van der Waals surface area contributed by atoms with Gasteiger partial charge in [0.05, 0.1) is 25.9 Å². The molecule has 0 saturated carbocycles. The molecule has 5 atom stereocenters. The fraction of sp³-hybridized carbons (Fsp3) is 0.525. The van der Waals surface area contributed by atoms with Gasteiger partial charge in [0.25, 0.3) is 0 Å². The average Bonchev–Trinajstić information content (AvgIpc) is 3.04. The van der Waals surface area contributed by atoms with Crippen LogP contribution >= 0.6 is 0 Å². The van der Waals surface area contributed by atoms with Gasteiger partial charge in [0.15, 0.2) is 14.5 Å². The maximum absolute atomic E-state index is 14.1. The number of aliphatic hydroxyl groups is 1. The molecule has 3 aromatic rings. The van der Waals surface area contributed by atoms with Gasteiger partial charge in [0.1, 0.15) is 23.9 Å². The lowest BCUT2D eigenvalue weighted by molar-refractivity contribution is -0.254. The molecule has 49 heavy (non-hydrogen) atoms. The average molecular weight is 692 g/mol. The summed E-state index contributed by atoms with van der Waals surface area (Å²) >= 11 is 0. The third-order valence-electron chi connectivity index (χ3n) is 9.34. The summed E-state index contributed by atoms with van der Waals surface area (Å²) in [5.41, 5.74) is 2.12. The summed E-state index contributed by atoms with van der Waals surface area (Å²) in [5, 5.41) is 12.2. The first-order valence-corrected chi connectivity index (χ1v) is 20.4. The van der Waals surface area contributed by atoms with Crippen molar-refractivity contribution in [3.63, 3.8) is 0 Å². The van der Waals surface area contributed by atoms with E-state index in [2.05, 4.69) is 33.9 Å². The van der Waals surface area contributed by atoms with E-state index in [1.807, 2.05) is 112 Å². The number of amides is 1. The molecule has 0 spiro atoms. The van der Waals surface area contributed by atoms with E-state index in [0.717, 1.165) is 16.7 Å². The largest absolute Gasteiger partial charge is 0.444 e. The summed E-state index contributed by atoms with van der Waals surface area (Å²) in [4.78, 5) is 15.5. The van der Waals surface area contributed by atoms with Crippen LogP contribution in [0.4, 0.5) is 4.79 Å². The predicted octanol–water partition coefficient (Wildman–Crippen LogP) is 8.48. The van der Waals surface area contributed by atoms with Crippen LogP contribution in [-0.2, 0) is 43.2 Å². The normalized spacial score (nSPS) is 21.8. The van der Waals surface area contributed by atoms with E-state index in [0.29, 0.717) is 19.4 Å². The van der Waals surface area contributed by atoms with Crippen molar-refractivity contribution in [2.45, 2.75) is 129 Å². The smallest absolute Gasteiger partial charge is 0.412 e. The Bertz CT molecular complexity index is 1410. The van der Waals surface area contributed by atoms with Gasteiger partial charge in [-0.05, 0) is 68.4 Å². The van der Waals surface area contributed by atoms with E-state index >= 15 is 0 Å². The van der Waals surface area contributed by atoms with E-state index in [4.69, 9.17) is 23.4 Å². The number of nitrogens with zero attached hydrogens (tertiary/aromatic N) is 1. The maximum atomic E-state index is 14.1.